The Kier molecular flexibility index (Phi) is 6.27. The highest BCUT2D eigenvalue weighted by Crippen LogP contribution is 2.16. The molecule has 6 nitrogen and oxygen atoms in total. The number of likely N-dealkylation sites (tertiary alicyclic amines) is 1. The van der Waals surface area contributed by atoms with Crippen molar-refractivity contribution >= 4 is 0 Å². The molecule has 2 aliphatic heterocycles. The van der Waals surface area contributed by atoms with Gasteiger partial charge in [-0.25, -0.2) is 4.98 Å². The first kappa shape index (κ1) is 17.9. The molecule has 1 aromatic heterocycles. The largest absolute Gasteiger partial charge is 0.390 e. The number of aromatic nitrogens is 2. The Bertz CT molecular complexity index is 489. The summed E-state index contributed by atoms with van der Waals surface area (Å²) >= 11 is 0. The van der Waals surface area contributed by atoms with Crippen molar-refractivity contribution in [1.29, 1.82) is 0 Å². The second kappa shape index (κ2) is 8.43. The average molecular weight is 335 g/mol. The molecule has 1 aromatic rings. The third-order valence-electron chi connectivity index (χ3n) is 5.57. The lowest BCUT2D eigenvalue weighted by molar-refractivity contribution is 0.0410. The van der Waals surface area contributed by atoms with Gasteiger partial charge >= 0.3 is 0 Å². The van der Waals surface area contributed by atoms with Crippen molar-refractivity contribution in [3.05, 3.63) is 18.2 Å². The highest BCUT2D eigenvalue weighted by atomic mass is 16.3. The van der Waals surface area contributed by atoms with Gasteiger partial charge < -0.3 is 14.6 Å². The third kappa shape index (κ3) is 5.02. The molecular weight excluding hydrogens is 302 g/mol. The molecule has 2 aliphatic rings. The van der Waals surface area contributed by atoms with Crippen LogP contribution in [0.1, 0.15) is 25.6 Å². The molecule has 136 valence electrons. The summed E-state index contributed by atoms with van der Waals surface area (Å²) < 4.78 is 2.09. The summed E-state index contributed by atoms with van der Waals surface area (Å²) in [6, 6.07) is 0. The van der Waals surface area contributed by atoms with Crippen LogP contribution in [0.3, 0.4) is 0 Å². The second-order valence-electron chi connectivity index (χ2n) is 7.67. The molecule has 2 fully saturated rings. The summed E-state index contributed by atoms with van der Waals surface area (Å²) in [7, 11) is 2.05. The van der Waals surface area contributed by atoms with E-state index in [0.717, 1.165) is 70.6 Å². The molecular formula is C18H33N5O. The van der Waals surface area contributed by atoms with Gasteiger partial charge in [-0.05, 0) is 31.8 Å². The van der Waals surface area contributed by atoms with E-state index >= 15 is 0 Å². The van der Waals surface area contributed by atoms with Crippen molar-refractivity contribution < 1.29 is 5.11 Å². The zero-order valence-corrected chi connectivity index (χ0v) is 15.3. The van der Waals surface area contributed by atoms with Gasteiger partial charge in [0.25, 0.3) is 0 Å². The van der Waals surface area contributed by atoms with E-state index < -0.39 is 0 Å². The van der Waals surface area contributed by atoms with Crippen LogP contribution in [0.5, 0.6) is 0 Å². The minimum absolute atomic E-state index is 0.223. The second-order valence-corrected chi connectivity index (χ2v) is 7.67. The number of piperazine rings is 1. The van der Waals surface area contributed by atoms with E-state index in [1.807, 2.05) is 12.4 Å². The fourth-order valence-electron chi connectivity index (χ4n) is 3.78. The molecule has 0 aromatic carbocycles. The van der Waals surface area contributed by atoms with E-state index in [9.17, 15) is 5.11 Å². The first-order valence-corrected chi connectivity index (χ1v) is 9.41. The third-order valence-corrected chi connectivity index (χ3v) is 5.57. The molecule has 0 bridgehead atoms. The van der Waals surface area contributed by atoms with E-state index in [-0.39, 0.29) is 6.10 Å². The number of piperidine rings is 1. The molecule has 0 saturated carbocycles. The maximum Gasteiger partial charge on any atom is 0.122 e. The van der Waals surface area contributed by atoms with Crippen LogP contribution in [0.2, 0.25) is 0 Å². The van der Waals surface area contributed by atoms with E-state index in [2.05, 4.69) is 38.2 Å². The van der Waals surface area contributed by atoms with Gasteiger partial charge in [0, 0.05) is 58.7 Å². The Morgan fingerprint density at radius 1 is 1.04 bits per heavy atom. The maximum absolute atomic E-state index is 10.4. The maximum atomic E-state index is 10.4. The minimum atomic E-state index is -0.223. The monoisotopic (exact) mass is 335 g/mol. The molecule has 0 radical (unpaired) electrons. The lowest BCUT2D eigenvalue weighted by Gasteiger charge is -2.37. The van der Waals surface area contributed by atoms with Gasteiger partial charge in [-0.2, -0.15) is 0 Å². The SMILES string of the molecule is CC1CCN(C[C@H](O)CN2CCN(Cc3nccn3C)CC2)CC1. The Labute approximate surface area is 146 Å². The normalized spacial score (nSPS) is 23.6. The number of hydrogen-bond donors (Lipinski definition) is 1. The number of aliphatic hydroxyl groups is 1. The molecule has 0 unspecified atom stereocenters. The van der Waals surface area contributed by atoms with Crippen LogP contribution in [0.15, 0.2) is 12.4 Å². The molecule has 24 heavy (non-hydrogen) atoms. The lowest BCUT2D eigenvalue weighted by atomic mass is 9.99. The Morgan fingerprint density at radius 2 is 1.62 bits per heavy atom. The first-order valence-electron chi connectivity index (χ1n) is 9.41. The van der Waals surface area contributed by atoms with Crippen molar-refractivity contribution in [3.63, 3.8) is 0 Å². The highest BCUT2D eigenvalue weighted by molar-refractivity contribution is 4.91. The molecule has 0 spiro atoms. The first-order chi connectivity index (χ1) is 11.6. The summed E-state index contributed by atoms with van der Waals surface area (Å²) in [6.45, 7) is 11.4. The van der Waals surface area contributed by atoms with Crippen LogP contribution in [0.4, 0.5) is 0 Å². The van der Waals surface area contributed by atoms with Crippen LogP contribution >= 0.6 is 0 Å². The van der Waals surface area contributed by atoms with Gasteiger partial charge in [0.05, 0.1) is 12.6 Å². The van der Waals surface area contributed by atoms with Crippen LogP contribution in [0, 0.1) is 5.92 Å². The van der Waals surface area contributed by atoms with Crippen LogP contribution < -0.4 is 0 Å². The summed E-state index contributed by atoms with van der Waals surface area (Å²) in [5.74, 6) is 1.98. The minimum Gasteiger partial charge on any atom is -0.390 e. The molecule has 6 heteroatoms. The van der Waals surface area contributed by atoms with Crippen molar-refractivity contribution in [3.8, 4) is 0 Å². The number of imidazole rings is 1. The van der Waals surface area contributed by atoms with Crippen molar-refractivity contribution in [1.82, 2.24) is 24.3 Å². The Hall–Kier alpha value is -0.950. The number of aryl methyl sites for hydroxylation is 1. The van der Waals surface area contributed by atoms with Crippen molar-refractivity contribution in [2.24, 2.45) is 13.0 Å². The summed E-state index contributed by atoms with van der Waals surface area (Å²) in [6.07, 6.45) is 6.20. The van der Waals surface area contributed by atoms with E-state index in [1.54, 1.807) is 0 Å². The van der Waals surface area contributed by atoms with Crippen LogP contribution in [0.25, 0.3) is 0 Å². The number of β-amino-alcohol motifs (C(OH)–C–C–N with tert-alkyl or cyclic N) is 1. The van der Waals surface area contributed by atoms with E-state index in [0.29, 0.717) is 0 Å². The number of nitrogens with zero attached hydrogens (tertiary/aromatic N) is 5. The average Bonchev–Trinajstić information content (AvgIpc) is 2.96. The summed E-state index contributed by atoms with van der Waals surface area (Å²) in [5, 5.41) is 10.4. The fourth-order valence-corrected chi connectivity index (χ4v) is 3.78. The van der Waals surface area contributed by atoms with Crippen LogP contribution in [-0.2, 0) is 13.6 Å². The summed E-state index contributed by atoms with van der Waals surface area (Å²) in [4.78, 5) is 11.7. The molecule has 2 saturated heterocycles. The quantitative estimate of drug-likeness (QED) is 0.826. The van der Waals surface area contributed by atoms with Gasteiger partial charge in [-0.3, -0.25) is 9.80 Å². The van der Waals surface area contributed by atoms with Gasteiger partial charge in [-0.15, -0.1) is 0 Å². The van der Waals surface area contributed by atoms with Gasteiger partial charge in [0.2, 0.25) is 0 Å². The van der Waals surface area contributed by atoms with Crippen LogP contribution in [-0.4, -0.2) is 87.8 Å². The standard InChI is InChI=1S/C18H33N5O/c1-16-3-6-21(7-4-16)13-17(24)14-22-9-11-23(12-10-22)15-18-19-5-8-20(18)2/h5,8,16-17,24H,3-4,6-7,9-15H2,1-2H3/t17-/m0/s1. The highest BCUT2D eigenvalue weighted by Gasteiger charge is 2.22. The molecule has 1 N–H and O–H groups in total. The molecule has 3 rings (SSSR count). The van der Waals surface area contributed by atoms with Gasteiger partial charge in [0.1, 0.15) is 5.82 Å². The van der Waals surface area contributed by atoms with Crippen molar-refractivity contribution in [2.45, 2.75) is 32.4 Å². The number of aliphatic hydroxyl groups excluding tert-OH is 1. The Balaban J connectivity index is 1.35. The topological polar surface area (TPSA) is 47.8 Å². The molecule has 0 aliphatic carbocycles. The van der Waals surface area contributed by atoms with Gasteiger partial charge in [0.15, 0.2) is 0 Å². The van der Waals surface area contributed by atoms with E-state index in [4.69, 9.17) is 0 Å². The van der Waals surface area contributed by atoms with E-state index in [1.165, 1.54) is 12.8 Å². The summed E-state index contributed by atoms with van der Waals surface area (Å²) in [5.41, 5.74) is 0. The molecule has 0 amide bonds. The molecule has 1 atom stereocenters. The Morgan fingerprint density at radius 3 is 2.21 bits per heavy atom. The zero-order valence-electron chi connectivity index (χ0n) is 15.3. The lowest BCUT2D eigenvalue weighted by Crippen LogP contribution is -2.50. The zero-order chi connectivity index (χ0) is 16.9. The molecule has 3 heterocycles. The van der Waals surface area contributed by atoms with Crippen molar-refractivity contribution in [2.75, 3.05) is 52.4 Å². The smallest absolute Gasteiger partial charge is 0.122 e. The number of hydrogen-bond acceptors (Lipinski definition) is 5. The predicted molar refractivity (Wildman–Crippen MR) is 95.8 cm³/mol. The predicted octanol–water partition coefficient (Wildman–Crippen LogP) is 0.631. The fraction of sp³-hybridized carbons (Fsp3) is 0.833. The number of rotatable bonds is 6. The van der Waals surface area contributed by atoms with Gasteiger partial charge in [-0.1, -0.05) is 6.92 Å².